The number of fused-ring (bicyclic) bond motifs is 1. The molecule has 0 unspecified atom stereocenters. The Morgan fingerprint density at radius 1 is 1.00 bits per heavy atom. The predicted octanol–water partition coefficient (Wildman–Crippen LogP) is 3.49. The Balaban J connectivity index is 1.36. The van der Waals surface area contributed by atoms with Gasteiger partial charge in [-0.25, -0.2) is 0 Å². The predicted molar refractivity (Wildman–Crippen MR) is 138 cm³/mol. The number of nitrogens with one attached hydrogen (secondary N) is 2. The molecule has 2 N–H and O–H groups in total. The largest absolute Gasteiger partial charge is 0.355 e. The second kappa shape index (κ2) is 11.0. The highest BCUT2D eigenvalue weighted by atomic mass is 16.2. The molecule has 1 amide bonds. The number of benzene rings is 2. The summed E-state index contributed by atoms with van der Waals surface area (Å²) in [4.78, 5) is 27.7. The van der Waals surface area contributed by atoms with Gasteiger partial charge in [-0.1, -0.05) is 43.3 Å². The molecule has 1 aliphatic rings. The number of nitrogens with zero attached hydrogens (tertiary/aromatic N) is 2. The van der Waals surface area contributed by atoms with Gasteiger partial charge in [0.1, 0.15) is 0 Å². The van der Waals surface area contributed by atoms with Crippen LogP contribution in [0, 0.1) is 6.92 Å². The molecule has 1 aromatic heterocycles. The summed E-state index contributed by atoms with van der Waals surface area (Å²) in [6.07, 6.45) is 3.29. The lowest BCUT2D eigenvalue weighted by Crippen LogP contribution is -2.43. The van der Waals surface area contributed by atoms with E-state index in [-0.39, 0.29) is 11.5 Å². The third-order valence-electron chi connectivity index (χ3n) is 6.99. The molecule has 0 atom stereocenters. The van der Waals surface area contributed by atoms with Gasteiger partial charge in [0.25, 0.3) is 11.5 Å². The van der Waals surface area contributed by atoms with Crippen LogP contribution in [0.25, 0.3) is 10.9 Å². The van der Waals surface area contributed by atoms with E-state index < -0.39 is 0 Å². The molecular formula is C28H36N4O2. The Bertz CT molecular complexity index is 1190. The minimum atomic E-state index is -0.228. The lowest BCUT2D eigenvalue weighted by Gasteiger charge is -2.32. The van der Waals surface area contributed by atoms with Crippen molar-refractivity contribution in [2.75, 3.05) is 26.7 Å². The lowest BCUT2D eigenvalue weighted by molar-refractivity contribution is 0.0964. The number of hydrogen-bond donors (Lipinski definition) is 2. The van der Waals surface area contributed by atoms with Crippen molar-refractivity contribution < 1.29 is 4.79 Å². The first kappa shape index (κ1) is 24.2. The van der Waals surface area contributed by atoms with E-state index >= 15 is 0 Å². The summed E-state index contributed by atoms with van der Waals surface area (Å²) >= 11 is 0. The van der Waals surface area contributed by atoms with Gasteiger partial charge in [0.2, 0.25) is 0 Å². The molecule has 180 valence electrons. The molecule has 0 radical (unpaired) electrons. The third-order valence-corrected chi connectivity index (χ3v) is 6.99. The summed E-state index contributed by atoms with van der Waals surface area (Å²) in [5, 5.41) is 7.18. The van der Waals surface area contributed by atoms with Crippen molar-refractivity contribution in [2.24, 2.45) is 0 Å². The highest BCUT2D eigenvalue weighted by molar-refractivity contribution is 6.06. The number of piperidine rings is 1. The molecule has 2 aromatic carbocycles. The number of amides is 1. The van der Waals surface area contributed by atoms with E-state index in [9.17, 15) is 9.59 Å². The summed E-state index contributed by atoms with van der Waals surface area (Å²) < 4.78 is 1.82. The Labute approximate surface area is 202 Å². The molecule has 1 fully saturated rings. The fourth-order valence-corrected chi connectivity index (χ4v) is 4.80. The number of hydrogen-bond acceptors (Lipinski definition) is 4. The van der Waals surface area contributed by atoms with Gasteiger partial charge in [-0.15, -0.1) is 0 Å². The summed E-state index contributed by atoms with van der Waals surface area (Å²) in [5.41, 5.74) is 4.93. The van der Waals surface area contributed by atoms with Crippen LogP contribution in [-0.2, 0) is 19.5 Å². The fraction of sp³-hybridized carbons (Fsp3) is 0.429. The Kier molecular flexibility index (Phi) is 7.80. The van der Waals surface area contributed by atoms with Crippen LogP contribution < -0.4 is 16.2 Å². The highest BCUT2D eigenvalue weighted by Crippen LogP contribution is 2.19. The molecule has 0 bridgehead atoms. The monoisotopic (exact) mass is 460 g/mol. The minimum absolute atomic E-state index is 0.123. The zero-order valence-corrected chi connectivity index (χ0v) is 20.6. The van der Waals surface area contributed by atoms with E-state index in [2.05, 4.69) is 46.7 Å². The van der Waals surface area contributed by atoms with E-state index in [1.54, 1.807) is 7.05 Å². The summed E-state index contributed by atoms with van der Waals surface area (Å²) in [6, 6.07) is 16.8. The van der Waals surface area contributed by atoms with Crippen molar-refractivity contribution in [2.45, 2.75) is 52.2 Å². The lowest BCUT2D eigenvalue weighted by atomic mass is 10.0. The van der Waals surface area contributed by atoms with Crippen LogP contribution in [0.5, 0.6) is 0 Å². The number of aryl methyl sites for hydroxylation is 2. The number of pyridine rings is 1. The molecule has 1 aliphatic heterocycles. The van der Waals surface area contributed by atoms with E-state index in [1.807, 2.05) is 29.7 Å². The van der Waals surface area contributed by atoms with Crippen LogP contribution in [0.1, 0.15) is 46.8 Å². The molecule has 0 aliphatic carbocycles. The number of likely N-dealkylation sites (tertiary alicyclic amines) is 1. The van der Waals surface area contributed by atoms with Crippen LogP contribution in [0.2, 0.25) is 0 Å². The second-order valence-corrected chi connectivity index (χ2v) is 9.31. The molecule has 1 saturated heterocycles. The van der Waals surface area contributed by atoms with Crippen LogP contribution in [0.3, 0.4) is 0 Å². The molecule has 6 heteroatoms. The molecule has 4 rings (SSSR count). The standard InChI is InChI=1S/C28H36N4O2/c1-4-21-6-8-22(9-7-21)19-30-23-11-13-31(14-12-23)15-16-32-26-17-20(2)5-10-24(26)25(18-27(32)33)28(34)29-3/h5-10,17-18,23,30H,4,11-16,19H2,1-3H3,(H,29,34). The first-order chi connectivity index (χ1) is 16.5. The van der Waals surface area contributed by atoms with Gasteiger partial charge in [-0.3, -0.25) is 9.59 Å². The van der Waals surface area contributed by atoms with Crippen LogP contribution in [0.15, 0.2) is 53.3 Å². The number of carbonyl (C=O) groups is 1. The van der Waals surface area contributed by atoms with Gasteiger partial charge in [-0.2, -0.15) is 0 Å². The number of rotatable bonds is 8. The average Bonchev–Trinajstić information content (AvgIpc) is 2.87. The highest BCUT2D eigenvalue weighted by Gasteiger charge is 2.20. The quantitative estimate of drug-likeness (QED) is 0.540. The minimum Gasteiger partial charge on any atom is -0.355 e. The van der Waals surface area contributed by atoms with Gasteiger partial charge in [0, 0.05) is 44.2 Å². The van der Waals surface area contributed by atoms with Crippen molar-refractivity contribution in [1.29, 1.82) is 0 Å². The Morgan fingerprint density at radius 2 is 1.71 bits per heavy atom. The summed E-state index contributed by atoms with van der Waals surface area (Å²) in [7, 11) is 1.59. The zero-order chi connectivity index (χ0) is 24.1. The molecule has 0 saturated carbocycles. The van der Waals surface area contributed by atoms with Crippen LogP contribution in [-0.4, -0.2) is 48.1 Å². The molecule has 2 heterocycles. The van der Waals surface area contributed by atoms with Gasteiger partial charge in [0.05, 0.1) is 11.1 Å². The van der Waals surface area contributed by atoms with Gasteiger partial charge < -0.3 is 20.1 Å². The van der Waals surface area contributed by atoms with Crippen molar-refractivity contribution in [3.05, 3.63) is 81.1 Å². The van der Waals surface area contributed by atoms with E-state index in [0.717, 1.165) is 61.9 Å². The Morgan fingerprint density at radius 3 is 2.38 bits per heavy atom. The molecule has 34 heavy (non-hydrogen) atoms. The van der Waals surface area contributed by atoms with E-state index in [1.165, 1.54) is 17.2 Å². The first-order valence-corrected chi connectivity index (χ1v) is 12.4. The maximum absolute atomic E-state index is 12.9. The van der Waals surface area contributed by atoms with Crippen LogP contribution >= 0.6 is 0 Å². The third kappa shape index (κ3) is 5.57. The van der Waals surface area contributed by atoms with Gasteiger partial charge in [-0.05, 0) is 62.0 Å². The maximum atomic E-state index is 12.9. The number of carbonyl (C=O) groups excluding carboxylic acids is 1. The zero-order valence-electron chi connectivity index (χ0n) is 20.6. The first-order valence-electron chi connectivity index (χ1n) is 12.4. The Hall–Kier alpha value is -2.96. The number of aromatic nitrogens is 1. The average molecular weight is 461 g/mol. The second-order valence-electron chi connectivity index (χ2n) is 9.31. The molecule has 3 aromatic rings. The van der Waals surface area contributed by atoms with Crippen molar-refractivity contribution in [3.63, 3.8) is 0 Å². The molecule has 0 spiro atoms. The molecular weight excluding hydrogens is 424 g/mol. The summed E-state index contributed by atoms with van der Waals surface area (Å²) in [6.45, 7) is 8.59. The van der Waals surface area contributed by atoms with E-state index in [4.69, 9.17) is 0 Å². The van der Waals surface area contributed by atoms with Crippen molar-refractivity contribution >= 4 is 16.8 Å². The summed E-state index contributed by atoms with van der Waals surface area (Å²) in [5.74, 6) is -0.228. The SMILES string of the molecule is CCc1ccc(CNC2CCN(CCn3c(=O)cc(C(=O)NC)c4ccc(C)cc43)CC2)cc1. The normalized spacial score (nSPS) is 15.0. The van der Waals surface area contributed by atoms with Gasteiger partial charge >= 0.3 is 0 Å². The molecule has 6 nitrogen and oxygen atoms in total. The van der Waals surface area contributed by atoms with Crippen molar-refractivity contribution in [3.8, 4) is 0 Å². The fourth-order valence-electron chi connectivity index (χ4n) is 4.80. The van der Waals surface area contributed by atoms with E-state index in [0.29, 0.717) is 18.2 Å². The maximum Gasteiger partial charge on any atom is 0.251 e. The van der Waals surface area contributed by atoms with Crippen molar-refractivity contribution in [1.82, 2.24) is 20.1 Å². The topological polar surface area (TPSA) is 66.4 Å². The van der Waals surface area contributed by atoms with Gasteiger partial charge in [0.15, 0.2) is 0 Å². The van der Waals surface area contributed by atoms with Crippen LogP contribution in [0.4, 0.5) is 0 Å². The smallest absolute Gasteiger partial charge is 0.251 e.